The molecule has 0 aliphatic heterocycles. The summed E-state index contributed by atoms with van der Waals surface area (Å²) in [6, 6.07) is 10.9. The summed E-state index contributed by atoms with van der Waals surface area (Å²) < 4.78 is 19.5. The SMILES string of the molecule is CCN(CC(=O)O)C1CC(NCc2ccc(-c3ccccc3F)o2)C1. The maximum Gasteiger partial charge on any atom is 0.317 e. The maximum atomic E-state index is 13.8. The number of benzene rings is 1. The Labute approximate surface area is 146 Å². The van der Waals surface area contributed by atoms with Gasteiger partial charge in [-0.3, -0.25) is 9.69 Å². The zero-order valence-electron chi connectivity index (χ0n) is 14.2. The first-order valence-corrected chi connectivity index (χ1v) is 8.59. The number of nitrogens with one attached hydrogen (secondary N) is 1. The van der Waals surface area contributed by atoms with Crippen molar-refractivity contribution in [2.45, 2.75) is 38.4 Å². The van der Waals surface area contributed by atoms with Crippen LogP contribution in [-0.2, 0) is 11.3 Å². The number of nitrogens with zero attached hydrogens (tertiary/aromatic N) is 1. The Bertz CT molecular complexity index is 725. The van der Waals surface area contributed by atoms with E-state index in [1.54, 1.807) is 24.3 Å². The summed E-state index contributed by atoms with van der Waals surface area (Å²) in [6.07, 6.45) is 1.87. The smallest absolute Gasteiger partial charge is 0.317 e. The second kappa shape index (κ2) is 7.80. The third-order valence-corrected chi connectivity index (χ3v) is 4.74. The third kappa shape index (κ3) is 4.27. The van der Waals surface area contributed by atoms with Crippen LogP contribution in [0.5, 0.6) is 0 Å². The fourth-order valence-electron chi connectivity index (χ4n) is 3.25. The average Bonchev–Trinajstić information content (AvgIpc) is 3.01. The number of likely N-dealkylation sites (N-methyl/N-ethyl adjacent to an activating group) is 1. The van der Waals surface area contributed by atoms with Crippen molar-refractivity contribution in [3.05, 3.63) is 48.0 Å². The molecule has 1 aromatic carbocycles. The van der Waals surface area contributed by atoms with Gasteiger partial charge < -0.3 is 14.8 Å². The Morgan fingerprint density at radius 3 is 2.76 bits per heavy atom. The molecule has 2 N–H and O–H groups in total. The molecule has 25 heavy (non-hydrogen) atoms. The van der Waals surface area contributed by atoms with Crippen molar-refractivity contribution in [3.63, 3.8) is 0 Å². The van der Waals surface area contributed by atoms with Gasteiger partial charge in [-0.05, 0) is 43.7 Å². The van der Waals surface area contributed by atoms with E-state index < -0.39 is 5.97 Å². The van der Waals surface area contributed by atoms with Crippen LogP contribution in [0.4, 0.5) is 4.39 Å². The molecule has 0 atom stereocenters. The van der Waals surface area contributed by atoms with Gasteiger partial charge in [-0.1, -0.05) is 19.1 Å². The van der Waals surface area contributed by atoms with Crippen LogP contribution in [0.25, 0.3) is 11.3 Å². The fraction of sp³-hybridized carbons (Fsp3) is 0.421. The highest BCUT2D eigenvalue weighted by atomic mass is 19.1. The Balaban J connectivity index is 1.48. The first-order valence-electron chi connectivity index (χ1n) is 8.59. The Morgan fingerprint density at radius 1 is 1.32 bits per heavy atom. The van der Waals surface area contributed by atoms with Crippen molar-refractivity contribution in [1.29, 1.82) is 0 Å². The minimum absolute atomic E-state index is 0.0953. The third-order valence-electron chi connectivity index (χ3n) is 4.74. The lowest BCUT2D eigenvalue weighted by Gasteiger charge is -2.42. The van der Waals surface area contributed by atoms with Crippen LogP contribution in [-0.4, -0.2) is 41.1 Å². The summed E-state index contributed by atoms with van der Waals surface area (Å²) in [6.45, 7) is 3.40. The monoisotopic (exact) mass is 346 g/mol. The van der Waals surface area contributed by atoms with E-state index in [9.17, 15) is 9.18 Å². The molecule has 0 bridgehead atoms. The summed E-state index contributed by atoms with van der Waals surface area (Å²) in [5.74, 6) is 0.213. The van der Waals surface area contributed by atoms with Crippen LogP contribution in [0, 0.1) is 5.82 Å². The summed E-state index contributed by atoms with van der Waals surface area (Å²) in [4.78, 5) is 12.8. The van der Waals surface area contributed by atoms with E-state index in [2.05, 4.69) is 5.32 Å². The van der Waals surface area contributed by atoms with Gasteiger partial charge in [-0.2, -0.15) is 0 Å². The van der Waals surface area contributed by atoms with Crippen molar-refractivity contribution >= 4 is 5.97 Å². The molecule has 134 valence electrons. The van der Waals surface area contributed by atoms with E-state index in [0.717, 1.165) is 25.1 Å². The van der Waals surface area contributed by atoms with Crippen molar-refractivity contribution in [3.8, 4) is 11.3 Å². The number of carboxylic acids is 1. The summed E-state index contributed by atoms with van der Waals surface area (Å²) in [5.41, 5.74) is 0.463. The second-order valence-electron chi connectivity index (χ2n) is 6.41. The maximum absolute atomic E-state index is 13.8. The number of furan rings is 1. The van der Waals surface area contributed by atoms with Crippen LogP contribution in [0.2, 0.25) is 0 Å². The minimum Gasteiger partial charge on any atom is -0.480 e. The van der Waals surface area contributed by atoms with Crippen LogP contribution in [0.15, 0.2) is 40.8 Å². The van der Waals surface area contributed by atoms with Gasteiger partial charge in [0.05, 0.1) is 18.7 Å². The van der Waals surface area contributed by atoms with Gasteiger partial charge in [-0.25, -0.2) is 4.39 Å². The number of aliphatic carboxylic acids is 1. The van der Waals surface area contributed by atoms with E-state index in [4.69, 9.17) is 9.52 Å². The number of rotatable bonds is 8. The standard InChI is InChI=1S/C19H23FN2O3/c1-2-22(12-19(23)24)14-9-13(10-14)21-11-15-7-8-18(25-15)16-5-3-4-6-17(16)20/h3-8,13-14,21H,2,9-12H2,1H3,(H,23,24). The van der Waals surface area contributed by atoms with Crippen molar-refractivity contribution in [2.24, 2.45) is 0 Å². The summed E-state index contributed by atoms with van der Waals surface area (Å²) in [7, 11) is 0. The molecule has 0 spiro atoms. The van der Waals surface area contributed by atoms with Crippen molar-refractivity contribution < 1.29 is 18.7 Å². The lowest BCUT2D eigenvalue weighted by atomic mass is 9.85. The molecule has 1 saturated carbocycles. The van der Waals surface area contributed by atoms with Gasteiger partial charge >= 0.3 is 5.97 Å². The van der Waals surface area contributed by atoms with Crippen molar-refractivity contribution in [1.82, 2.24) is 10.2 Å². The molecular formula is C19H23FN2O3. The van der Waals surface area contributed by atoms with E-state index >= 15 is 0 Å². The topological polar surface area (TPSA) is 65.7 Å². The average molecular weight is 346 g/mol. The van der Waals surface area contributed by atoms with E-state index in [-0.39, 0.29) is 12.4 Å². The second-order valence-corrected chi connectivity index (χ2v) is 6.41. The van der Waals surface area contributed by atoms with Crippen molar-refractivity contribution in [2.75, 3.05) is 13.1 Å². The largest absolute Gasteiger partial charge is 0.480 e. The van der Waals surface area contributed by atoms with Gasteiger partial charge in [0.1, 0.15) is 17.3 Å². The number of hydrogen-bond acceptors (Lipinski definition) is 4. The molecule has 1 aliphatic rings. The Kier molecular flexibility index (Phi) is 5.50. The minimum atomic E-state index is -0.783. The molecule has 1 aliphatic carbocycles. The predicted octanol–water partition coefficient (Wildman–Crippen LogP) is 3.11. The van der Waals surface area contributed by atoms with Gasteiger partial charge in [0, 0.05) is 12.1 Å². The molecule has 6 heteroatoms. The number of hydrogen-bond donors (Lipinski definition) is 2. The molecule has 0 saturated heterocycles. The zero-order chi connectivity index (χ0) is 17.8. The molecule has 0 radical (unpaired) electrons. The van der Waals surface area contributed by atoms with E-state index in [1.165, 1.54) is 6.07 Å². The van der Waals surface area contributed by atoms with Crippen LogP contribution in [0.1, 0.15) is 25.5 Å². The quantitative estimate of drug-likeness (QED) is 0.769. The number of carbonyl (C=O) groups is 1. The molecule has 0 amide bonds. The molecule has 2 aromatic rings. The fourth-order valence-corrected chi connectivity index (χ4v) is 3.25. The predicted molar refractivity (Wildman–Crippen MR) is 92.6 cm³/mol. The Morgan fingerprint density at radius 2 is 2.08 bits per heavy atom. The number of halogens is 1. The molecule has 0 unspecified atom stereocenters. The molecule has 1 heterocycles. The lowest BCUT2D eigenvalue weighted by Crippen LogP contribution is -2.53. The van der Waals surface area contributed by atoms with Gasteiger partial charge in [0.25, 0.3) is 0 Å². The molecule has 1 aromatic heterocycles. The van der Waals surface area contributed by atoms with Crippen LogP contribution >= 0.6 is 0 Å². The van der Waals surface area contributed by atoms with E-state index in [1.807, 2.05) is 17.9 Å². The number of carboxylic acid groups (broad SMARTS) is 1. The highest BCUT2D eigenvalue weighted by Gasteiger charge is 2.33. The van der Waals surface area contributed by atoms with Gasteiger partial charge in [0.15, 0.2) is 0 Å². The highest BCUT2D eigenvalue weighted by Crippen LogP contribution is 2.27. The summed E-state index contributed by atoms with van der Waals surface area (Å²) in [5, 5.41) is 12.3. The summed E-state index contributed by atoms with van der Waals surface area (Å²) >= 11 is 0. The van der Waals surface area contributed by atoms with E-state index in [0.29, 0.717) is 30.0 Å². The molecule has 3 rings (SSSR count). The molecule has 5 nitrogen and oxygen atoms in total. The first-order chi connectivity index (χ1) is 12.1. The van der Waals surface area contributed by atoms with Gasteiger partial charge in [-0.15, -0.1) is 0 Å². The zero-order valence-corrected chi connectivity index (χ0v) is 14.2. The highest BCUT2D eigenvalue weighted by molar-refractivity contribution is 5.69. The van der Waals surface area contributed by atoms with Gasteiger partial charge in [0.2, 0.25) is 0 Å². The van der Waals surface area contributed by atoms with Crippen LogP contribution in [0.3, 0.4) is 0 Å². The first kappa shape index (κ1) is 17.6. The molecular weight excluding hydrogens is 323 g/mol. The normalized spacial score (nSPS) is 19.8. The molecule has 1 fully saturated rings. The lowest BCUT2D eigenvalue weighted by molar-refractivity contribution is -0.139. The Hall–Kier alpha value is -2.18. The van der Waals surface area contributed by atoms with Crippen LogP contribution < -0.4 is 5.32 Å².